The summed E-state index contributed by atoms with van der Waals surface area (Å²) in [6.45, 7) is 1.81. The average molecular weight is 498 g/mol. The van der Waals surface area contributed by atoms with Crippen LogP contribution in [-0.2, 0) is 0 Å². The summed E-state index contributed by atoms with van der Waals surface area (Å²) < 4.78 is 1.73. The molecule has 0 spiro atoms. The summed E-state index contributed by atoms with van der Waals surface area (Å²) in [5.41, 5.74) is 3.30. The molecular formula is C22H16BrN3O2S2. The lowest BCUT2D eigenvalue weighted by atomic mass is 10.1. The third-order valence-corrected chi connectivity index (χ3v) is 6.39. The Morgan fingerprint density at radius 3 is 2.63 bits per heavy atom. The molecule has 0 aliphatic rings. The van der Waals surface area contributed by atoms with Gasteiger partial charge in [-0.3, -0.25) is 10.1 Å². The van der Waals surface area contributed by atoms with Crippen LogP contribution in [0.25, 0.3) is 20.8 Å². The highest BCUT2D eigenvalue weighted by Gasteiger charge is 2.15. The summed E-state index contributed by atoms with van der Waals surface area (Å²) in [7, 11) is 0. The number of anilines is 1. The standard InChI is InChI=1S/C22H16BrN3O2S2/c1-12-10-13(24-22(29)26-20(28)14-6-2-3-7-16(14)23)11-15(19(12)27)21-25-17-8-4-5-9-18(17)30-21/h2-11,27H,1H3,(H2,24,26,28,29). The lowest BCUT2D eigenvalue weighted by molar-refractivity contribution is 0.0977. The number of hydrogen-bond acceptors (Lipinski definition) is 5. The molecule has 1 aromatic heterocycles. The number of aromatic hydroxyl groups is 1. The highest BCUT2D eigenvalue weighted by atomic mass is 79.9. The minimum Gasteiger partial charge on any atom is -0.507 e. The second-order valence-electron chi connectivity index (χ2n) is 6.56. The first-order valence-corrected chi connectivity index (χ1v) is 11.0. The van der Waals surface area contributed by atoms with Gasteiger partial charge in [0.2, 0.25) is 0 Å². The van der Waals surface area contributed by atoms with Gasteiger partial charge in [0.05, 0.1) is 21.3 Å². The first kappa shape index (κ1) is 20.5. The zero-order valence-electron chi connectivity index (χ0n) is 15.8. The first-order chi connectivity index (χ1) is 14.4. The quantitative estimate of drug-likeness (QED) is 0.244. The van der Waals surface area contributed by atoms with Crippen LogP contribution in [0.15, 0.2) is 65.1 Å². The molecule has 150 valence electrons. The van der Waals surface area contributed by atoms with Gasteiger partial charge in [0.25, 0.3) is 5.91 Å². The number of nitrogens with one attached hydrogen (secondary N) is 2. The number of aromatic nitrogens is 1. The number of para-hydroxylation sites is 1. The van der Waals surface area contributed by atoms with E-state index in [2.05, 4.69) is 31.5 Å². The molecule has 0 aliphatic heterocycles. The zero-order chi connectivity index (χ0) is 21.3. The third kappa shape index (κ3) is 4.21. The predicted octanol–water partition coefficient (Wildman–Crippen LogP) is 5.87. The molecule has 0 saturated carbocycles. The highest BCUT2D eigenvalue weighted by molar-refractivity contribution is 9.10. The summed E-state index contributed by atoms with van der Waals surface area (Å²) >= 11 is 10.2. The number of hydrogen-bond donors (Lipinski definition) is 3. The fourth-order valence-electron chi connectivity index (χ4n) is 2.98. The number of carbonyl (C=O) groups is 1. The van der Waals surface area contributed by atoms with Crippen LogP contribution in [0.3, 0.4) is 0 Å². The molecule has 0 radical (unpaired) electrons. The number of benzene rings is 3. The van der Waals surface area contributed by atoms with Crippen LogP contribution < -0.4 is 10.6 Å². The Bertz CT molecular complexity index is 1250. The molecule has 0 aliphatic carbocycles. The Morgan fingerprint density at radius 1 is 1.13 bits per heavy atom. The Hall–Kier alpha value is -2.81. The number of thiocarbonyl (C=S) groups is 1. The molecule has 0 fully saturated rings. The van der Waals surface area contributed by atoms with Crippen LogP contribution >= 0.6 is 39.5 Å². The Labute approximate surface area is 190 Å². The van der Waals surface area contributed by atoms with Crippen molar-refractivity contribution in [3.8, 4) is 16.3 Å². The van der Waals surface area contributed by atoms with E-state index in [-0.39, 0.29) is 16.8 Å². The number of rotatable bonds is 3. The highest BCUT2D eigenvalue weighted by Crippen LogP contribution is 2.38. The summed E-state index contributed by atoms with van der Waals surface area (Å²) in [5.74, 6) is -0.148. The molecule has 0 atom stereocenters. The topological polar surface area (TPSA) is 74.2 Å². The minimum absolute atomic E-state index is 0.163. The monoisotopic (exact) mass is 497 g/mol. The second kappa shape index (κ2) is 8.51. The Balaban J connectivity index is 1.58. The lowest BCUT2D eigenvalue weighted by Crippen LogP contribution is -2.34. The molecule has 5 nitrogen and oxygen atoms in total. The second-order valence-corrected chi connectivity index (χ2v) is 8.86. The molecule has 3 aromatic carbocycles. The van der Waals surface area contributed by atoms with Gasteiger partial charge in [-0.2, -0.15) is 0 Å². The maximum Gasteiger partial charge on any atom is 0.258 e. The average Bonchev–Trinajstić information content (AvgIpc) is 3.14. The molecule has 0 bridgehead atoms. The van der Waals surface area contributed by atoms with Gasteiger partial charge in [-0.15, -0.1) is 11.3 Å². The molecular weight excluding hydrogens is 482 g/mol. The van der Waals surface area contributed by atoms with Gasteiger partial charge in [-0.1, -0.05) is 24.3 Å². The summed E-state index contributed by atoms with van der Waals surface area (Å²) in [5, 5.41) is 17.2. The fraction of sp³-hybridized carbons (Fsp3) is 0.0455. The van der Waals surface area contributed by atoms with Crippen molar-refractivity contribution in [2.45, 2.75) is 6.92 Å². The van der Waals surface area contributed by atoms with E-state index in [1.54, 1.807) is 37.3 Å². The van der Waals surface area contributed by atoms with E-state index in [1.807, 2.05) is 30.3 Å². The number of halogens is 1. The van der Waals surface area contributed by atoms with Crippen LogP contribution in [0, 0.1) is 6.92 Å². The molecule has 4 aromatic rings. The van der Waals surface area contributed by atoms with Gasteiger partial charge in [-0.25, -0.2) is 4.98 Å². The number of fused-ring (bicyclic) bond motifs is 1. The van der Waals surface area contributed by atoms with Crippen molar-refractivity contribution in [2.75, 3.05) is 5.32 Å². The molecule has 4 rings (SSSR count). The van der Waals surface area contributed by atoms with Gasteiger partial charge in [0, 0.05) is 10.2 Å². The maximum absolute atomic E-state index is 12.5. The summed E-state index contributed by atoms with van der Waals surface area (Å²) in [4.78, 5) is 17.1. The number of phenols is 1. The first-order valence-electron chi connectivity index (χ1n) is 8.99. The number of carbonyl (C=O) groups excluding carboxylic acids is 1. The van der Waals surface area contributed by atoms with Gasteiger partial charge in [-0.05, 0) is 77.0 Å². The van der Waals surface area contributed by atoms with E-state index in [1.165, 1.54) is 11.3 Å². The van der Waals surface area contributed by atoms with Crippen LogP contribution in [0.2, 0.25) is 0 Å². The van der Waals surface area contributed by atoms with Gasteiger partial charge in [0.1, 0.15) is 10.8 Å². The van der Waals surface area contributed by atoms with E-state index in [9.17, 15) is 9.90 Å². The number of aryl methyl sites for hydroxylation is 1. The van der Waals surface area contributed by atoms with Crippen molar-refractivity contribution >= 4 is 66.4 Å². The number of amides is 1. The molecule has 8 heteroatoms. The van der Waals surface area contributed by atoms with Crippen molar-refractivity contribution in [3.63, 3.8) is 0 Å². The van der Waals surface area contributed by atoms with Crippen LogP contribution in [0.4, 0.5) is 5.69 Å². The zero-order valence-corrected chi connectivity index (χ0v) is 19.0. The van der Waals surface area contributed by atoms with Gasteiger partial charge >= 0.3 is 0 Å². The number of phenolic OH excluding ortho intramolecular Hbond substituents is 1. The molecule has 3 N–H and O–H groups in total. The van der Waals surface area contributed by atoms with Crippen molar-refractivity contribution in [3.05, 3.63) is 76.3 Å². The van der Waals surface area contributed by atoms with E-state index < -0.39 is 0 Å². The maximum atomic E-state index is 12.5. The summed E-state index contributed by atoms with van der Waals surface area (Å²) in [6.07, 6.45) is 0. The van der Waals surface area contributed by atoms with E-state index in [0.717, 1.165) is 10.2 Å². The molecule has 0 unspecified atom stereocenters. The number of thiazole rings is 1. The molecule has 30 heavy (non-hydrogen) atoms. The number of nitrogens with zero attached hydrogens (tertiary/aromatic N) is 1. The summed E-state index contributed by atoms with van der Waals surface area (Å²) in [6, 6.07) is 18.5. The van der Waals surface area contributed by atoms with Crippen LogP contribution in [0.1, 0.15) is 15.9 Å². The van der Waals surface area contributed by atoms with Gasteiger partial charge < -0.3 is 10.4 Å². The predicted molar refractivity (Wildman–Crippen MR) is 129 cm³/mol. The fourth-order valence-corrected chi connectivity index (χ4v) is 4.64. The van der Waals surface area contributed by atoms with Crippen molar-refractivity contribution < 1.29 is 9.90 Å². The molecule has 1 amide bonds. The van der Waals surface area contributed by atoms with Crippen LogP contribution in [-0.4, -0.2) is 21.1 Å². The van der Waals surface area contributed by atoms with Crippen LogP contribution in [0.5, 0.6) is 5.75 Å². The molecule has 1 heterocycles. The Kier molecular flexibility index (Phi) is 5.80. The SMILES string of the molecule is Cc1cc(NC(=S)NC(=O)c2ccccc2Br)cc(-c2nc3ccccc3s2)c1O. The van der Waals surface area contributed by atoms with Gasteiger partial charge in [0.15, 0.2) is 5.11 Å². The van der Waals surface area contributed by atoms with Crippen molar-refractivity contribution in [2.24, 2.45) is 0 Å². The van der Waals surface area contributed by atoms with E-state index in [0.29, 0.717) is 31.9 Å². The largest absolute Gasteiger partial charge is 0.507 e. The normalized spacial score (nSPS) is 10.7. The van der Waals surface area contributed by atoms with Crippen molar-refractivity contribution in [1.82, 2.24) is 10.3 Å². The third-order valence-electron chi connectivity index (χ3n) is 4.43. The lowest BCUT2D eigenvalue weighted by Gasteiger charge is -2.13. The van der Waals surface area contributed by atoms with E-state index >= 15 is 0 Å². The smallest absolute Gasteiger partial charge is 0.258 e. The van der Waals surface area contributed by atoms with E-state index in [4.69, 9.17) is 12.2 Å². The molecule has 0 saturated heterocycles. The minimum atomic E-state index is -0.318. The van der Waals surface area contributed by atoms with Crippen molar-refractivity contribution in [1.29, 1.82) is 0 Å². The Morgan fingerprint density at radius 2 is 1.87 bits per heavy atom.